The highest BCUT2D eigenvalue weighted by atomic mass is 32.2. The van der Waals surface area contributed by atoms with Crippen LogP contribution >= 0.6 is 23.1 Å². The van der Waals surface area contributed by atoms with Gasteiger partial charge < -0.3 is 10.2 Å². The highest BCUT2D eigenvalue weighted by molar-refractivity contribution is 8.01. The van der Waals surface area contributed by atoms with E-state index in [-0.39, 0.29) is 0 Å². The minimum atomic E-state index is 0.748. The molecule has 1 aliphatic rings. The van der Waals surface area contributed by atoms with Crippen molar-refractivity contribution in [2.24, 2.45) is 5.92 Å². The predicted octanol–water partition coefficient (Wildman–Crippen LogP) is 2.86. The molecule has 1 saturated carbocycles. The molecule has 0 spiro atoms. The van der Waals surface area contributed by atoms with E-state index >= 15 is 0 Å². The van der Waals surface area contributed by atoms with Crippen molar-refractivity contribution in [1.29, 1.82) is 0 Å². The lowest BCUT2D eigenvalue weighted by Gasteiger charge is -2.19. The molecule has 2 unspecified atom stereocenters. The maximum Gasteiger partial charge on any atom is 0.208 e. The Bertz CT molecular complexity index is 380. The van der Waals surface area contributed by atoms with E-state index in [2.05, 4.69) is 22.4 Å². The van der Waals surface area contributed by atoms with E-state index in [0.29, 0.717) is 0 Å². The monoisotopic (exact) mass is 300 g/mol. The Morgan fingerprint density at radius 1 is 1.37 bits per heavy atom. The molecule has 0 bridgehead atoms. The molecule has 2 atom stereocenters. The average Bonchev–Trinajstić information content (AvgIpc) is 3.00. The largest absolute Gasteiger partial charge is 0.353 e. The van der Waals surface area contributed by atoms with Crippen molar-refractivity contribution < 1.29 is 0 Å². The molecule has 0 amide bonds. The molecule has 6 heteroatoms. The third-order valence-electron chi connectivity index (χ3n) is 3.62. The number of nitrogens with one attached hydrogen (secondary N) is 1. The quantitative estimate of drug-likeness (QED) is 0.784. The van der Waals surface area contributed by atoms with Crippen LogP contribution in [0.4, 0.5) is 5.13 Å². The summed E-state index contributed by atoms with van der Waals surface area (Å²) in [5.41, 5.74) is 0. The molecule has 108 valence electrons. The minimum Gasteiger partial charge on any atom is -0.353 e. The average molecular weight is 300 g/mol. The van der Waals surface area contributed by atoms with Gasteiger partial charge in [0.25, 0.3) is 0 Å². The molecule has 0 aliphatic heterocycles. The zero-order chi connectivity index (χ0) is 13.7. The number of thioether (sulfide) groups is 1. The van der Waals surface area contributed by atoms with E-state index < -0.39 is 0 Å². The van der Waals surface area contributed by atoms with Gasteiger partial charge >= 0.3 is 0 Å². The van der Waals surface area contributed by atoms with Gasteiger partial charge in [-0.05, 0) is 31.7 Å². The zero-order valence-corrected chi connectivity index (χ0v) is 13.7. The van der Waals surface area contributed by atoms with Crippen LogP contribution < -0.4 is 10.2 Å². The fourth-order valence-corrected chi connectivity index (χ4v) is 4.56. The fourth-order valence-electron chi connectivity index (χ4n) is 2.65. The Kier molecular flexibility index (Phi) is 5.91. The van der Waals surface area contributed by atoms with Gasteiger partial charge in [-0.15, -0.1) is 10.2 Å². The molecule has 1 aromatic heterocycles. The van der Waals surface area contributed by atoms with E-state index in [1.165, 1.54) is 25.7 Å². The molecule has 0 radical (unpaired) electrons. The van der Waals surface area contributed by atoms with Gasteiger partial charge in [-0.1, -0.05) is 36.4 Å². The van der Waals surface area contributed by atoms with E-state index in [0.717, 1.165) is 33.7 Å². The maximum absolute atomic E-state index is 4.23. The second kappa shape index (κ2) is 7.45. The highest BCUT2D eigenvalue weighted by Gasteiger charge is 2.25. The molecule has 19 heavy (non-hydrogen) atoms. The van der Waals surface area contributed by atoms with E-state index in [9.17, 15) is 0 Å². The van der Waals surface area contributed by atoms with Crippen molar-refractivity contribution in [3.05, 3.63) is 0 Å². The van der Waals surface area contributed by atoms with Crippen LogP contribution in [-0.4, -0.2) is 42.6 Å². The first-order valence-electron chi connectivity index (χ1n) is 7.07. The van der Waals surface area contributed by atoms with Crippen LogP contribution in [0.3, 0.4) is 0 Å². The number of hydrogen-bond donors (Lipinski definition) is 1. The summed E-state index contributed by atoms with van der Waals surface area (Å²) in [4.78, 5) is 2.01. The molecule has 1 aliphatic carbocycles. The number of anilines is 1. The molecule has 1 fully saturated rings. The molecular weight excluding hydrogens is 276 g/mol. The summed E-state index contributed by atoms with van der Waals surface area (Å²) < 4.78 is 1.10. The van der Waals surface area contributed by atoms with Gasteiger partial charge in [0.15, 0.2) is 4.34 Å². The first kappa shape index (κ1) is 15.1. The predicted molar refractivity (Wildman–Crippen MR) is 84.4 cm³/mol. The highest BCUT2D eigenvalue weighted by Crippen LogP contribution is 2.32. The third-order valence-corrected chi connectivity index (χ3v) is 5.88. The van der Waals surface area contributed by atoms with Gasteiger partial charge in [-0.3, -0.25) is 0 Å². The molecule has 1 heterocycles. The Hall–Kier alpha value is -0.330. The summed E-state index contributed by atoms with van der Waals surface area (Å²) in [6.07, 6.45) is 5.42. The third kappa shape index (κ3) is 4.33. The Morgan fingerprint density at radius 2 is 2.21 bits per heavy atom. The molecule has 2 rings (SSSR count). The zero-order valence-electron chi connectivity index (χ0n) is 12.1. The molecule has 1 aromatic rings. The Morgan fingerprint density at radius 3 is 2.89 bits per heavy atom. The smallest absolute Gasteiger partial charge is 0.208 e. The Labute approximate surface area is 124 Å². The summed E-state index contributed by atoms with van der Waals surface area (Å²) in [6, 6.07) is 0.748. The van der Waals surface area contributed by atoms with Crippen molar-refractivity contribution in [1.82, 2.24) is 15.5 Å². The fraction of sp³-hybridized carbons (Fsp3) is 0.846. The van der Waals surface area contributed by atoms with Gasteiger partial charge in [0.1, 0.15) is 0 Å². The van der Waals surface area contributed by atoms with Gasteiger partial charge in [-0.2, -0.15) is 0 Å². The summed E-state index contributed by atoms with van der Waals surface area (Å²) in [5, 5.41) is 13.0. The molecule has 1 N–H and O–H groups in total. The number of hydrogen-bond acceptors (Lipinski definition) is 6. The van der Waals surface area contributed by atoms with Crippen LogP contribution in [0, 0.1) is 5.92 Å². The normalized spacial score (nSPS) is 22.9. The summed E-state index contributed by atoms with van der Waals surface area (Å²) in [5.74, 6) is 2.02. The van der Waals surface area contributed by atoms with Crippen LogP contribution in [-0.2, 0) is 0 Å². The molecular formula is C13H24N4S2. The molecule has 0 saturated heterocycles. The standard InChI is InChI=1S/C13H24N4S2/c1-4-14-11-7-5-6-10(11)8-9-18-13-16-15-12(19-13)17(2)3/h10-11,14H,4-9H2,1-3H3. The second-order valence-electron chi connectivity index (χ2n) is 5.24. The minimum absolute atomic E-state index is 0.748. The van der Waals surface area contributed by atoms with E-state index in [1.54, 1.807) is 11.3 Å². The lowest BCUT2D eigenvalue weighted by atomic mass is 10.0. The van der Waals surface area contributed by atoms with Gasteiger partial charge in [0.05, 0.1) is 0 Å². The van der Waals surface area contributed by atoms with Gasteiger partial charge in [-0.25, -0.2) is 0 Å². The lowest BCUT2D eigenvalue weighted by molar-refractivity contribution is 0.400. The number of rotatable bonds is 7. The van der Waals surface area contributed by atoms with Crippen LogP contribution in [0.5, 0.6) is 0 Å². The number of nitrogens with zero attached hydrogens (tertiary/aromatic N) is 3. The summed E-state index contributed by atoms with van der Waals surface area (Å²) in [6.45, 7) is 3.30. The van der Waals surface area contributed by atoms with Crippen molar-refractivity contribution in [2.45, 2.75) is 43.0 Å². The molecule has 4 nitrogen and oxygen atoms in total. The Balaban J connectivity index is 1.73. The van der Waals surface area contributed by atoms with Crippen LogP contribution in [0.25, 0.3) is 0 Å². The van der Waals surface area contributed by atoms with Crippen molar-refractivity contribution >= 4 is 28.2 Å². The maximum atomic E-state index is 4.23. The van der Waals surface area contributed by atoms with Crippen LogP contribution in [0.15, 0.2) is 4.34 Å². The SMILES string of the molecule is CCNC1CCCC1CCSc1nnc(N(C)C)s1. The first-order valence-corrected chi connectivity index (χ1v) is 8.88. The molecule has 0 aromatic carbocycles. The van der Waals surface area contributed by atoms with Crippen molar-refractivity contribution in [3.8, 4) is 0 Å². The van der Waals surface area contributed by atoms with E-state index in [4.69, 9.17) is 0 Å². The summed E-state index contributed by atoms with van der Waals surface area (Å²) in [7, 11) is 4.02. The van der Waals surface area contributed by atoms with Crippen LogP contribution in [0.2, 0.25) is 0 Å². The second-order valence-corrected chi connectivity index (χ2v) is 7.54. The van der Waals surface area contributed by atoms with E-state index in [1.807, 2.05) is 30.8 Å². The first-order chi connectivity index (χ1) is 9.20. The van der Waals surface area contributed by atoms with Crippen LogP contribution in [0.1, 0.15) is 32.6 Å². The van der Waals surface area contributed by atoms with Gasteiger partial charge in [0, 0.05) is 25.9 Å². The lowest BCUT2D eigenvalue weighted by Crippen LogP contribution is -2.32. The topological polar surface area (TPSA) is 41.1 Å². The van der Waals surface area contributed by atoms with Crippen molar-refractivity contribution in [3.63, 3.8) is 0 Å². The van der Waals surface area contributed by atoms with Gasteiger partial charge in [0.2, 0.25) is 5.13 Å². The number of aromatic nitrogens is 2. The summed E-state index contributed by atoms with van der Waals surface area (Å²) >= 11 is 3.54. The van der Waals surface area contributed by atoms with Crippen molar-refractivity contribution in [2.75, 3.05) is 31.3 Å².